The highest BCUT2D eigenvalue weighted by molar-refractivity contribution is 9.10. The lowest BCUT2D eigenvalue weighted by molar-refractivity contribution is 0.564. The molecular formula is C9H11BrN2O2S. The predicted octanol–water partition coefficient (Wildman–Crippen LogP) is 1.42. The molecule has 0 aliphatic carbocycles. The molecule has 0 aliphatic heterocycles. The van der Waals surface area contributed by atoms with Gasteiger partial charge in [-0.15, -0.1) is 11.4 Å². The summed E-state index contributed by atoms with van der Waals surface area (Å²) in [5.74, 6) is 0. The Bertz CT molecular complexity index is 445. The molecule has 82 valence electrons. The zero-order chi connectivity index (χ0) is 11.3. The first-order valence-electron chi connectivity index (χ1n) is 4.18. The lowest BCUT2D eigenvalue weighted by atomic mass is 10.4. The topological polar surface area (TPSA) is 58.2 Å². The molecule has 1 aromatic rings. The van der Waals surface area contributed by atoms with Gasteiger partial charge in [0, 0.05) is 11.0 Å². The SMILES string of the molecule is C=CCNNS(=O)(=O)c1ccccc1Br. The third-order valence-electron chi connectivity index (χ3n) is 1.58. The lowest BCUT2D eigenvalue weighted by Crippen LogP contribution is -2.37. The fraction of sp³-hybridized carbons (Fsp3) is 0.111. The van der Waals surface area contributed by atoms with E-state index < -0.39 is 10.0 Å². The van der Waals surface area contributed by atoms with E-state index >= 15 is 0 Å². The molecule has 0 aromatic heterocycles. The summed E-state index contributed by atoms with van der Waals surface area (Å²) in [6, 6.07) is 6.59. The molecule has 0 saturated heterocycles. The van der Waals surface area contributed by atoms with E-state index in [0.717, 1.165) is 0 Å². The quantitative estimate of drug-likeness (QED) is 0.490. The minimum Gasteiger partial charge on any atom is -0.240 e. The highest BCUT2D eigenvalue weighted by Gasteiger charge is 2.15. The van der Waals surface area contributed by atoms with Gasteiger partial charge in [-0.05, 0) is 28.1 Å². The van der Waals surface area contributed by atoms with Gasteiger partial charge in [-0.25, -0.2) is 13.8 Å². The van der Waals surface area contributed by atoms with Crippen LogP contribution in [-0.2, 0) is 10.0 Å². The summed E-state index contributed by atoms with van der Waals surface area (Å²) in [5, 5.41) is 0. The van der Waals surface area contributed by atoms with Crippen LogP contribution in [0.4, 0.5) is 0 Å². The number of hydrogen-bond donors (Lipinski definition) is 2. The Labute approximate surface area is 97.5 Å². The normalized spacial score (nSPS) is 11.3. The van der Waals surface area contributed by atoms with Gasteiger partial charge in [-0.2, -0.15) is 0 Å². The van der Waals surface area contributed by atoms with Gasteiger partial charge in [0.05, 0.1) is 4.90 Å². The van der Waals surface area contributed by atoms with Gasteiger partial charge in [0.1, 0.15) is 0 Å². The van der Waals surface area contributed by atoms with Crippen molar-refractivity contribution in [3.8, 4) is 0 Å². The van der Waals surface area contributed by atoms with E-state index in [1.165, 1.54) is 6.07 Å². The molecular weight excluding hydrogens is 280 g/mol. The fourth-order valence-corrected chi connectivity index (χ4v) is 2.82. The molecule has 0 bridgehead atoms. The van der Waals surface area contributed by atoms with Crippen molar-refractivity contribution in [2.24, 2.45) is 0 Å². The average Bonchev–Trinajstić information content (AvgIpc) is 2.18. The second kappa shape index (κ2) is 5.41. The molecule has 0 spiro atoms. The van der Waals surface area contributed by atoms with Gasteiger partial charge >= 0.3 is 0 Å². The fourth-order valence-electron chi connectivity index (χ4n) is 0.926. The van der Waals surface area contributed by atoms with Crippen LogP contribution in [0.15, 0.2) is 46.3 Å². The second-order valence-electron chi connectivity index (χ2n) is 2.71. The number of benzene rings is 1. The maximum absolute atomic E-state index is 11.7. The minimum absolute atomic E-state index is 0.196. The number of halogens is 1. The van der Waals surface area contributed by atoms with E-state index in [2.05, 4.69) is 32.8 Å². The summed E-state index contributed by atoms with van der Waals surface area (Å²) < 4.78 is 23.9. The summed E-state index contributed by atoms with van der Waals surface area (Å²) >= 11 is 3.17. The van der Waals surface area contributed by atoms with Crippen LogP contribution < -0.4 is 10.3 Å². The smallest absolute Gasteiger partial charge is 0.240 e. The van der Waals surface area contributed by atoms with Gasteiger partial charge in [-0.3, -0.25) is 0 Å². The Balaban J connectivity index is 2.87. The summed E-state index contributed by atoms with van der Waals surface area (Å²) in [6.07, 6.45) is 1.56. The third-order valence-corrected chi connectivity index (χ3v) is 3.88. The Morgan fingerprint density at radius 3 is 2.67 bits per heavy atom. The molecule has 0 amide bonds. The molecule has 0 fully saturated rings. The predicted molar refractivity (Wildman–Crippen MR) is 62.7 cm³/mol. The van der Waals surface area contributed by atoms with E-state index in [1.54, 1.807) is 24.3 Å². The van der Waals surface area contributed by atoms with Crippen molar-refractivity contribution in [1.29, 1.82) is 0 Å². The van der Waals surface area contributed by atoms with Crippen LogP contribution in [0.2, 0.25) is 0 Å². The first kappa shape index (κ1) is 12.4. The number of hydrogen-bond acceptors (Lipinski definition) is 3. The Morgan fingerprint density at radius 2 is 2.07 bits per heavy atom. The molecule has 0 saturated carbocycles. The molecule has 1 rings (SSSR count). The Hall–Kier alpha value is -0.690. The maximum atomic E-state index is 11.7. The van der Waals surface area contributed by atoms with Crippen LogP contribution in [0.25, 0.3) is 0 Å². The zero-order valence-corrected chi connectivity index (χ0v) is 10.3. The van der Waals surface area contributed by atoms with Crippen molar-refractivity contribution in [2.45, 2.75) is 4.90 Å². The van der Waals surface area contributed by atoms with E-state index in [4.69, 9.17) is 0 Å². The van der Waals surface area contributed by atoms with Crippen molar-refractivity contribution in [2.75, 3.05) is 6.54 Å². The summed E-state index contributed by atoms with van der Waals surface area (Å²) in [5.41, 5.74) is 2.52. The van der Waals surface area contributed by atoms with Crippen molar-refractivity contribution < 1.29 is 8.42 Å². The molecule has 6 heteroatoms. The molecule has 0 radical (unpaired) electrons. The average molecular weight is 291 g/mol. The van der Waals surface area contributed by atoms with Gasteiger partial charge in [-0.1, -0.05) is 18.2 Å². The van der Waals surface area contributed by atoms with Gasteiger partial charge in [0.15, 0.2) is 0 Å². The number of sulfonamides is 1. The van der Waals surface area contributed by atoms with E-state index in [0.29, 0.717) is 11.0 Å². The van der Waals surface area contributed by atoms with E-state index in [1.807, 2.05) is 0 Å². The summed E-state index contributed by atoms with van der Waals surface area (Å²) in [4.78, 5) is 2.43. The molecule has 0 atom stereocenters. The van der Waals surface area contributed by atoms with Gasteiger partial charge in [0.25, 0.3) is 10.0 Å². The standard InChI is InChI=1S/C9H11BrN2O2S/c1-2-7-11-12-15(13,14)9-6-4-3-5-8(9)10/h2-6,11-12H,1,7H2. The number of nitrogens with one attached hydrogen (secondary N) is 2. The van der Waals surface area contributed by atoms with Crippen LogP contribution >= 0.6 is 15.9 Å². The van der Waals surface area contributed by atoms with Crippen molar-refractivity contribution >= 4 is 26.0 Å². The largest absolute Gasteiger partial charge is 0.254 e. The van der Waals surface area contributed by atoms with Crippen LogP contribution in [-0.4, -0.2) is 15.0 Å². The minimum atomic E-state index is -3.52. The molecule has 2 N–H and O–H groups in total. The first-order chi connectivity index (χ1) is 7.08. The van der Waals surface area contributed by atoms with Crippen LogP contribution in [0.1, 0.15) is 0 Å². The zero-order valence-electron chi connectivity index (χ0n) is 7.90. The molecule has 15 heavy (non-hydrogen) atoms. The summed E-state index contributed by atoms with van der Waals surface area (Å²) in [6.45, 7) is 3.83. The van der Waals surface area contributed by atoms with Crippen LogP contribution in [0, 0.1) is 0 Å². The third kappa shape index (κ3) is 3.42. The molecule has 1 aromatic carbocycles. The van der Waals surface area contributed by atoms with Gasteiger partial charge in [0.2, 0.25) is 0 Å². The lowest BCUT2D eigenvalue weighted by Gasteiger charge is -2.07. The molecule has 0 unspecified atom stereocenters. The monoisotopic (exact) mass is 290 g/mol. The van der Waals surface area contributed by atoms with Crippen molar-refractivity contribution in [1.82, 2.24) is 10.3 Å². The van der Waals surface area contributed by atoms with Crippen LogP contribution in [0.5, 0.6) is 0 Å². The highest BCUT2D eigenvalue weighted by Crippen LogP contribution is 2.20. The maximum Gasteiger partial charge on any atom is 0.254 e. The first-order valence-corrected chi connectivity index (χ1v) is 6.45. The van der Waals surface area contributed by atoms with Crippen LogP contribution in [0.3, 0.4) is 0 Å². The Kier molecular flexibility index (Phi) is 4.46. The van der Waals surface area contributed by atoms with Crippen molar-refractivity contribution in [3.05, 3.63) is 41.4 Å². The second-order valence-corrected chi connectivity index (χ2v) is 5.21. The number of hydrazine groups is 1. The molecule has 4 nitrogen and oxygen atoms in total. The van der Waals surface area contributed by atoms with Gasteiger partial charge < -0.3 is 0 Å². The Morgan fingerprint density at radius 1 is 1.40 bits per heavy atom. The van der Waals surface area contributed by atoms with E-state index in [-0.39, 0.29) is 4.90 Å². The van der Waals surface area contributed by atoms with E-state index in [9.17, 15) is 8.42 Å². The highest BCUT2D eigenvalue weighted by atomic mass is 79.9. The molecule has 0 aliphatic rings. The number of rotatable bonds is 5. The molecule has 0 heterocycles. The van der Waals surface area contributed by atoms with Crippen molar-refractivity contribution in [3.63, 3.8) is 0 Å². The summed E-state index contributed by atoms with van der Waals surface area (Å²) in [7, 11) is -3.52.